The molecule has 0 aliphatic carbocycles. The molecule has 0 saturated heterocycles. The molecule has 0 bridgehead atoms. The van der Waals surface area contributed by atoms with E-state index in [9.17, 15) is 18.4 Å². The van der Waals surface area contributed by atoms with E-state index in [-0.39, 0.29) is 33.1 Å². The summed E-state index contributed by atoms with van der Waals surface area (Å²) < 4.78 is 31.6. The number of ether oxygens (including phenoxy) is 1. The summed E-state index contributed by atoms with van der Waals surface area (Å²) in [6, 6.07) is 2.74. The lowest BCUT2D eigenvalue weighted by Crippen LogP contribution is -2.18. The minimum absolute atomic E-state index is 0.0122. The van der Waals surface area contributed by atoms with Crippen molar-refractivity contribution in [3.63, 3.8) is 0 Å². The fourth-order valence-corrected chi connectivity index (χ4v) is 2.50. The number of hydrogen-bond donors (Lipinski definition) is 1. The number of esters is 1. The van der Waals surface area contributed by atoms with Crippen molar-refractivity contribution < 1.29 is 23.1 Å². The number of halogens is 5. The number of anilines is 1. The number of nitrogens with zero attached hydrogens (tertiary/aromatic N) is 1. The maximum Gasteiger partial charge on any atom is 0.343 e. The highest BCUT2D eigenvalue weighted by Crippen LogP contribution is 2.32. The van der Waals surface area contributed by atoms with E-state index in [0.29, 0.717) is 6.07 Å². The average molecular weight is 436 g/mol. The maximum absolute atomic E-state index is 13.7. The van der Waals surface area contributed by atoms with Crippen molar-refractivity contribution in [3.05, 3.63) is 68.6 Å². The van der Waals surface area contributed by atoms with Crippen LogP contribution in [0.2, 0.25) is 15.2 Å². The molecular weight excluding hydrogens is 425 g/mol. The SMILES string of the molecule is CCOC(=O)C(=CNc1ccc(F)cc1F)C(=O)c1cnc(Cl)c(Cl)c1Cl. The zero-order chi connectivity index (χ0) is 20.1. The first-order chi connectivity index (χ1) is 12.8. The number of pyridine rings is 1. The molecule has 27 heavy (non-hydrogen) atoms. The van der Waals surface area contributed by atoms with Gasteiger partial charge in [0.1, 0.15) is 22.4 Å². The summed E-state index contributed by atoms with van der Waals surface area (Å²) in [5, 5.41) is 1.94. The predicted octanol–water partition coefficient (Wildman–Crippen LogP) is 5.06. The van der Waals surface area contributed by atoms with Gasteiger partial charge in [-0.3, -0.25) is 4.79 Å². The molecule has 1 aromatic heterocycles. The smallest absolute Gasteiger partial charge is 0.343 e. The van der Waals surface area contributed by atoms with Gasteiger partial charge < -0.3 is 10.1 Å². The van der Waals surface area contributed by atoms with Gasteiger partial charge in [0, 0.05) is 18.5 Å². The van der Waals surface area contributed by atoms with Crippen LogP contribution in [-0.4, -0.2) is 23.3 Å². The Hall–Kier alpha value is -2.22. The molecule has 0 aliphatic heterocycles. The number of nitrogens with one attached hydrogen (secondary N) is 1. The van der Waals surface area contributed by atoms with Crippen LogP contribution >= 0.6 is 34.8 Å². The zero-order valence-electron chi connectivity index (χ0n) is 13.7. The molecule has 0 radical (unpaired) electrons. The Labute approximate surface area is 167 Å². The Balaban J connectivity index is 2.43. The molecule has 0 aliphatic rings. The van der Waals surface area contributed by atoms with E-state index in [1.54, 1.807) is 6.92 Å². The van der Waals surface area contributed by atoms with Gasteiger partial charge in [-0.05, 0) is 19.1 Å². The molecule has 0 amide bonds. The van der Waals surface area contributed by atoms with E-state index < -0.39 is 29.0 Å². The van der Waals surface area contributed by atoms with Crippen LogP contribution in [0.1, 0.15) is 17.3 Å². The van der Waals surface area contributed by atoms with Crippen molar-refractivity contribution in [2.45, 2.75) is 6.92 Å². The van der Waals surface area contributed by atoms with Crippen LogP contribution in [0.3, 0.4) is 0 Å². The number of hydrogen-bond acceptors (Lipinski definition) is 5. The Bertz CT molecular complexity index is 936. The molecule has 0 atom stereocenters. The van der Waals surface area contributed by atoms with E-state index in [4.69, 9.17) is 39.5 Å². The number of Topliss-reactive ketones (excluding diaryl/α,β-unsaturated/α-hetero) is 1. The quantitative estimate of drug-likeness (QED) is 0.171. The predicted molar refractivity (Wildman–Crippen MR) is 98.3 cm³/mol. The van der Waals surface area contributed by atoms with Crippen molar-refractivity contribution in [3.8, 4) is 0 Å². The fraction of sp³-hybridized carbons (Fsp3) is 0.118. The standard InChI is InChI=1S/C17H11Cl3F2N2O3/c1-2-27-17(26)10(7-23-12-4-3-8(21)5-11(12)22)15(25)9-6-24-16(20)14(19)13(9)18/h3-7,23H,2H2,1H3. The molecule has 10 heteroatoms. The van der Waals surface area contributed by atoms with Crippen LogP contribution in [0.5, 0.6) is 0 Å². The average Bonchev–Trinajstić information content (AvgIpc) is 2.61. The molecule has 0 saturated carbocycles. The molecule has 2 aromatic rings. The van der Waals surface area contributed by atoms with E-state index >= 15 is 0 Å². The summed E-state index contributed by atoms with van der Waals surface area (Å²) in [5.41, 5.74) is -0.862. The van der Waals surface area contributed by atoms with Gasteiger partial charge in [0.05, 0.1) is 27.9 Å². The summed E-state index contributed by atoms with van der Waals surface area (Å²) in [5.74, 6) is -3.56. The van der Waals surface area contributed by atoms with Crippen LogP contribution in [0, 0.1) is 11.6 Å². The lowest BCUT2D eigenvalue weighted by molar-refractivity contribution is -0.138. The zero-order valence-corrected chi connectivity index (χ0v) is 15.9. The van der Waals surface area contributed by atoms with E-state index in [2.05, 4.69) is 10.3 Å². The summed E-state index contributed by atoms with van der Waals surface area (Å²) >= 11 is 17.6. The van der Waals surface area contributed by atoms with Crippen molar-refractivity contribution in [1.82, 2.24) is 4.98 Å². The monoisotopic (exact) mass is 434 g/mol. The van der Waals surface area contributed by atoms with Crippen molar-refractivity contribution in [2.24, 2.45) is 0 Å². The number of aromatic nitrogens is 1. The second-order valence-corrected chi connectivity index (χ2v) is 6.08. The lowest BCUT2D eigenvalue weighted by atomic mass is 10.1. The molecule has 0 spiro atoms. The molecule has 0 unspecified atom stereocenters. The minimum Gasteiger partial charge on any atom is -0.462 e. The molecule has 142 valence electrons. The van der Waals surface area contributed by atoms with Gasteiger partial charge in [0.25, 0.3) is 0 Å². The maximum atomic E-state index is 13.7. The number of carbonyl (C=O) groups excluding carboxylic acids is 2. The van der Waals surface area contributed by atoms with Gasteiger partial charge in [-0.25, -0.2) is 18.6 Å². The Morgan fingerprint density at radius 3 is 2.56 bits per heavy atom. The molecule has 1 N–H and O–H groups in total. The topological polar surface area (TPSA) is 68.3 Å². The Kier molecular flexibility index (Phi) is 7.12. The molecule has 0 fully saturated rings. The Morgan fingerprint density at radius 1 is 1.22 bits per heavy atom. The number of rotatable bonds is 6. The number of ketones is 1. The van der Waals surface area contributed by atoms with E-state index in [0.717, 1.165) is 24.5 Å². The highest BCUT2D eigenvalue weighted by Gasteiger charge is 2.25. The third-order valence-electron chi connectivity index (χ3n) is 3.21. The largest absolute Gasteiger partial charge is 0.462 e. The first-order valence-electron chi connectivity index (χ1n) is 7.39. The summed E-state index contributed by atoms with van der Waals surface area (Å²) in [7, 11) is 0. The van der Waals surface area contributed by atoms with Crippen molar-refractivity contribution in [2.75, 3.05) is 11.9 Å². The third-order valence-corrected chi connectivity index (χ3v) is 4.45. The van der Waals surface area contributed by atoms with Gasteiger partial charge in [-0.2, -0.15) is 0 Å². The fourth-order valence-electron chi connectivity index (χ4n) is 1.93. The minimum atomic E-state index is -0.986. The van der Waals surface area contributed by atoms with Crippen LogP contribution in [0.15, 0.2) is 36.2 Å². The first-order valence-corrected chi connectivity index (χ1v) is 8.52. The first kappa shape index (κ1) is 21.1. The van der Waals surface area contributed by atoms with E-state index in [1.165, 1.54) is 0 Å². The molecule has 1 aromatic carbocycles. The van der Waals surface area contributed by atoms with Gasteiger partial charge in [-0.15, -0.1) is 0 Å². The number of benzene rings is 1. The molecule has 1 heterocycles. The van der Waals surface area contributed by atoms with Crippen LogP contribution in [0.4, 0.5) is 14.5 Å². The summed E-state index contributed by atoms with van der Waals surface area (Å²) in [6.07, 6.45) is 1.97. The van der Waals surface area contributed by atoms with Crippen LogP contribution in [-0.2, 0) is 9.53 Å². The van der Waals surface area contributed by atoms with E-state index in [1.807, 2.05) is 0 Å². The van der Waals surface area contributed by atoms with Crippen molar-refractivity contribution >= 4 is 52.2 Å². The Morgan fingerprint density at radius 2 is 1.93 bits per heavy atom. The van der Waals surface area contributed by atoms with Gasteiger partial charge in [-0.1, -0.05) is 34.8 Å². The van der Waals surface area contributed by atoms with Gasteiger partial charge in [0.15, 0.2) is 0 Å². The second-order valence-electron chi connectivity index (χ2n) is 4.97. The summed E-state index contributed by atoms with van der Waals surface area (Å²) in [4.78, 5) is 28.6. The summed E-state index contributed by atoms with van der Waals surface area (Å²) in [6.45, 7) is 1.53. The number of carbonyl (C=O) groups is 2. The van der Waals surface area contributed by atoms with Crippen molar-refractivity contribution in [1.29, 1.82) is 0 Å². The second kappa shape index (κ2) is 9.12. The highest BCUT2D eigenvalue weighted by atomic mass is 35.5. The third kappa shape index (κ3) is 4.94. The van der Waals surface area contributed by atoms with Gasteiger partial charge >= 0.3 is 5.97 Å². The highest BCUT2D eigenvalue weighted by molar-refractivity contribution is 6.49. The molecule has 2 rings (SSSR count). The molecule has 5 nitrogen and oxygen atoms in total. The normalized spacial score (nSPS) is 11.3. The van der Waals surface area contributed by atoms with Crippen LogP contribution < -0.4 is 5.32 Å². The molecular formula is C17H11Cl3F2N2O3. The lowest BCUT2D eigenvalue weighted by Gasteiger charge is -2.10. The van der Waals surface area contributed by atoms with Gasteiger partial charge in [0.2, 0.25) is 5.78 Å². The van der Waals surface area contributed by atoms with Crippen LogP contribution in [0.25, 0.3) is 0 Å².